The van der Waals surface area contributed by atoms with Gasteiger partial charge in [-0.2, -0.15) is 0 Å². The smallest absolute Gasteiger partial charge is 0.0594 e. The molecule has 1 saturated heterocycles. The van der Waals surface area contributed by atoms with Gasteiger partial charge in [-0.25, -0.2) is 0 Å². The lowest BCUT2D eigenvalue weighted by Crippen LogP contribution is -2.54. The number of rotatable bonds is 5. The Morgan fingerprint density at radius 1 is 1.32 bits per heavy atom. The number of hydrogen-bond donors (Lipinski definition) is 1. The van der Waals surface area contributed by atoms with E-state index in [1.165, 1.54) is 5.56 Å². The van der Waals surface area contributed by atoms with E-state index in [2.05, 4.69) is 48.1 Å². The van der Waals surface area contributed by atoms with Gasteiger partial charge in [-0.05, 0) is 38.5 Å². The predicted molar refractivity (Wildman–Crippen MR) is 77.1 cm³/mol. The summed E-state index contributed by atoms with van der Waals surface area (Å²) >= 11 is 0. The molecule has 4 heteroatoms. The minimum atomic E-state index is 0.158. The van der Waals surface area contributed by atoms with Crippen molar-refractivity contribution < 1.29 is 4.74 Å². The fourth-order valence-corrected chi connectivity index (χ4v) is 2.45. The molecule has 106 valence electrons. The standard InChI is InChI=1S/C15H25N3O/c1-13(14-4-6-16-7-5-14)17-12-15(2,3)18-8-10-19-11-9-18/h4-7,13,17H,8-12H2,1-3H3. The van der Waals surface area contributed by atoms with Crippen LogP contribution in [0.4, 0.5) is 0 Å². The van der Waals surface area contributed by atoms with Crippen LogP contribution in [0.3, 0.4) is 0 Å². The van der Waals surface area contributed by atoms with Crippen molar-refractivity contribution in [2.24, 2.45) is 0 Å². The first kappa shape index (κ1) is 14.4. The van der Waals surface area contributed by atoms with E-state index in [0.717, 1.165) is 32.8 Å². The second-order valence-electron chi connectivity index (χ2n) is 5.79. The molecule has 0 aromatic carbocycles. The van der Waals surface area contributed by atoms with Gasteiger partial charge in [0.25, 0.3) is 0 Å². The molecule has 1 aliphatic heterocycles. The molecule has 1 aromatic heterocycles. The van der Waals surface area contributed by atoms with Crippen molar-refractivity contribution in [3.63, 3.8) is 0 Å². The molecule has 1 N–H and O–H groups in total. The van der Waals surface area contributed by atoms with Crippen LogP contribution in [0.1, 0.15) is 32.4 Å². The van der Waals surface area contributed by atoms with Crippen LogP contribution in [-0.2, 0) is 4.74 Å². The van der Waals surface area contributed by atoms with Gasteiger partial charge in [0.1, 0.15) is 0 Å². The van der Waals surface area contributed by atoms with Gasteiger partial charge >= 0.3 is 0 Å². The molecule has 2 rings (SSSR count). The lowest BCUT2D eigenvalue weighted by atomic mass is 10.0. The Labute approximate surface area is 116 Å². The fourth-order valence-electron chi connectivity index (χ4n) is 2.45. The van der Waals surface area contributed by atoms with Gasteiger partial charge in [-0.3, -0.25) is 9.88 Å². The van der Waals surface area contributed by atoms with Gasteiger partial charge in [0, 0.05) is 43.6 Å². The third kappa shape index (κ3) is 4.00. The summed E-state index contributed by atoms with van der Waals surface area (Å²) < 4.78 is 5.42. The second-order valence-corrected chi connectivity index (χ2v) is 5.79. The minimum Gasteiger partial charge on any atom is -0.379 e. The zero-order valence-electron chi connectivity index (χ0n) is 12.2. The number of pyridine rings is 1. The quantitative estimate of drug-likeness (QED) is 0.879. The summed E-state index contributed by atoms with van der Waals surface area (Å²) in [5, 5.41) is 3.63. The highest BCUT2D eigenvalue weighted by Crippen LogP contribution is 2.17. The van der Waals surface area contributed by atoms with E-state index in [9.17, 15) is 0 Å². The van der Waals surface area contributed by atoms with Crippen molar-refractivity contribution >= 4 is 0 Å². The highest BCUT2D eigenvalue weighted by molar-refractivity contribution is 5.14. The Hall–Kier alpha value is -0.970. The summed E-state index contributed by atoms with van der Waals surface area (Å²) in [6.07, 6.45) is 3.70. The van der Waals surface area contributed by atoms with Gasteiger partial charge in [0.05, 0.1) is 13.2 Å². The maximum Gasteiger partial charge on any atom is 0.0594 e. The van der Waals surface area contributed by atoms with Crippen molar-refractivity contribution in [2.75, 3.05) is 32.8 Å². The molecule has 1 unspecified atom stereocenters. The normalized spacial score (nSPS) is 19.3. The summed E-state index contributed by atoms with van der Waals surface area (Å²) in [6.45, 7) is 11.5. The van der Waals surface area contributed by atoms with Crippen LogP contribution in [0.5, 0.6) is 0 Å². The van der Waals surface area contributed by atoms with Crippen molar-refractivity contribution in [1.29, 1.82) is 0 Å². The van der Waals surface area contributed by atoms with Crippen molar-refractivity contribution in [2.45, 2.75) is 32.4 Å². The number of aromatic nitrogens is 1. The Bertz CT molecular complexity index is 374. The first-order valence-electron chi connectivity index (χ1n) is 7.06. The monoisotopic (exact) mass is 263 g/mol. The second kappa shape index (κ2) is 6.46. The van der Waals surface area contributed by atoms with E-state index in [4.69, 9.17) is 4.74 Å². The Kier molecular flexibility index (Phi) is 4.91. The molecule has 1 aliphatic rings. The largest absolute Gasteiger partial charge is 0.379 e. The molecule has 4 nitrogen and oxygen atoms in total. The molecule has 0 amide bonds. The highest BCUT2D eigenvalue weighted by atomic mass is 16.5. The molecule has 0 spiro atoms. The van der Waals surface area contributed by atoms with Crippen LogP contribution in [-0.4, -0.2) is 48.3 Å². The summed E-state index contributed by atoms with van der Waals surface area (Å²) in [6, 6.07) is 4.49. The van der Waals surface area contributed by atoms with Gasteiger partial charge in [0.2, 0.25) is 0 Å². The molecule has 0 aliphatic carbocycles. The van der Waals surface area contributed by atoms with Crippen LogP contribution in [0.15, 0.2) is 24.5 Å². The van der Waals surface area contributed by atoms with E-state index in [0.29, 0.717) is 6.04 Å². The van der Waals surface area contributed by atoms with Crippen LogP contribution >= 0.6 is 0 Å². The Morgan fingerprint density at radius 2 is 1.95 bits per heavy atom. The summed E-state index contributed by atoms with van der Waals surface area (Å²) in [4.78, 5) is 6.56. The maximum atomic E-state index is 5.42. The molecule has 19 heavy (non-hydrogen) atoms. The molecule has 1 atom stereocenters. The molecule has 0 radical (unpaired) electrons. The van der Waals surface area contributed by atoms with E-state index in [-0.39, 0.29) is 5.54 Å². The number of nitrogens with one attached hydrogen (secondary N) is 1. The maximum absolute atomic E-state index is 5.42. The van der Waals surface area contributed by atoms with Crippen LogP contribution in [0.2, 0.25) is 0 Å². The molecule has 0 bridgehead atoms. The summed E-state index contributed by atoms with van der Waals surface area (Å²) in [5.41, 5.74) is 1.44. The summed E-state index contributed by atoms with van der Waals surface area (Å²) in [7, 11) is 0. The first-order valence-corrected chi connectivity index (χ1v) is 7.06. The topological polar surface area (TPSA) is 37.4 Å². The van der Waals surface area contributed by atoms with E-state index in [1.807, 2.05) is 12.4 Å². The molecular formula is C15H25N3O. The predicted octanol–water partition coefficient (Wildman–Crippen LogP) is 1.84. The number of hydrogen-bond acceptors (Lipinski definition) is 4. The van der Waals surface area contributed by atoms with Crippen LogP contribution in [0.25, 0.3) is 0 Å². The lowest BCUT2D eigenvalue weighted by molar-refractivity contribution is -0.0102. The number of morpholine rings is 1. The molecule has 2 heterocycles. The van der Waals surface area contributed by atoms with Gasteiger partial charge < -0.3 is 10.1 Å². The fraction of sp³-hybridized carbons (Fsp3) is 0.667. The third-order valence-corrected chi connectivity index (χ3v) is 3.91. The summed E-state index contributed by atoms with van der Waals surface area (Å²) in [5.74, 6) is 0. The van der Waals surface area contributed by atoms with E-state index in [1.54, 1.807) is 0 Å². The van der Waals surface area contributed by atoms with E-state index < -0.39 is 0 Å². The number of nitrogens with zero attached hydrogens (tertiary/aromatic N) is 2. The van der Waals surface area contributed by atoms with Crippen molar-refractivity contribution in [1.82, 2.24) is 15.2 Å². The van der Waals surface area contributed by atoms with Crippen molar-refractivity contribution in [3.8, 4) is 0 Å². The lowest BCUT2D eigenvalue weighted by Gasteiger charge is -2.41. The van der Waals surface area contributed by atoms with E-state index >= 15 is 0 Å². The highest BCUT2D eigenvalue weighted by Gasteiger charge is 2.28. The van der Waals surface area contributed by atoms with Crippen molar-refractivity contribution in [3.05, 3.63) is 30.1 Å². The number of ether oxygens (including phenoxy) is 1. The Morgan fingerprint density at radius 3 is 2.58 bits per heavy atom. The van der Waals surface area contributed by atoms with Gasteiger partial charge in [0.15, 0.2) is 0 Å². The van der Waals surface area contributed by atoms with Gasteiger partial charge in [-0.1, -0.05) is 0 Å². The molecule has 1 aromatic rings. The van der Waals surface area contributed by atoms with Crippen LogP contribution in [0, 0.1) is 0 Å². The molecule has 0 saturated carbocycles. The zero-order valence-corrected chi connectivity index (χ0v) is 12.2. The minimum absolute atomic E-state index is 0.158. The van der Waals surface area contributed by atoms with Gasteiger partial charge in [-0.15, -0.1) is 0 Å². The average Bonchev–Trinajstić information content (AvgIpc) is 2.47. The Balaban J connectivity index is 1.86. The third-order valence-electron chi connectivity index (χ3n) is 3.91. The zero-order chi connectivity index (χ0) is 13.7. The SMILES string of the molecule is CC(NCC(C)(C)N1CCOCC1)c1ccncc1. The average molecular weight is 263 g/mol. The van der Waals surface area contributed by atoms with Crippen LogP contribution < -0.4 is 5.32 Å². The first-order chi connectivity index (χ1) is 9.09. The molecular weight excluding hydrogens is 238 g/mol. The molecule has 1 fully saturated rings.